The molecule has 0 amide bonds. The van der Waals surface area contributed by atoms with Gasteiger partial charge in [0.1, 0.15) is 11.3 Å². The fraction of sp³-hybridized carbons (Fsp3) is 0.750. The van der Waals surface area contributed by atoms with E-state index < -0.39 is 0 Å². The molecule has 3 rings (SSSR count). The standard InChI is InChI=1S/C8H11N3S/c1-2-11-3-6(1)7(4-11)8-9-5-10-12-8/h5-7H,1-4H2/t6?,7-/m0/s1. The second-order valence-electron chi connectivity index (χ2n) is 3.69. The van der Waals surface area contributed by atoms with Crippen LogP contribution in [0.3, 0.4) is 0 Å². The Morgan fingerprint density at radius 3 is 3.08 bits per heavy atom. The lowest BCUT2D eigenvalue weighted by atomic mass is 9.93. The van der Waals surface area contributed by atoms with Gasteiger partial charge in [-0.05, 0) is 30.4 Å². The minimum Gasteiger partial charge on any atom is -0.302 e. The summed E-state index contributed by atoms with van der Waals surface area (Å²) < 4.78 is 4.06. The van der Waals surface area contributed by atoms with Crippen LogP contribution in [0.15, 0.2) is 6.33 Å². The molecule has 0 saturated carbocycles. The maximum atomic E-state index is 4.30. The van der Waals surface area contributed by atoms with Crippen molar-refractivity contribution in [2.75, 3.05) is 19.6 Å². The van der Waals surface area contributed by atoms with Crippen molar-refractivity contribution in [3.05, 3.63) is 11.3 Å². The molecule has 3 nitrogen and oxygen atoms in total. The van der Waals surface area contributed by atoms with Gasteiger partial charge in [-0.15, -0.1) is 0 Å². The first kappa shape index (κ1) is 6.97. The van der Waals surface area contributed by atoms with Crippen LogP contribution in [0.4, 0.5) is 0 Å². The van der Waals surface area contributed by atoms with E-state index in [4.69, 9.17) is 0 Å². The Labute approximate surface area is 75.6 Å². The number of fused-ring (bicyclic) bond motifs is 2. The molecule has 2 fully saturated rings. The summed E-state index contributed by atoms with van der Waals surface area (Å²) in [6.07, 6.45) is 3.05. The molecule has 2 bridgehead atoms. The fourth-order valence-corrected chi connectivity index (χ4v) is 3.11. The van der Waals surface area contributed by atoms with Crippen molar-refractivity contribution in [3.63, 3.8) is 0 Å². The topological polar surface area (TPSA) is 29.0 Å². The summed E-state index contributed by atoms with van der Waals surface area (Å²) >= 11 is 1.57. The number of piperidine rings is 1. The predicted molar refractivity (Wildman–Crippen MR) is 47.2 cm³/mol. The molecule has 0 spiro atoms. The summed E-state index contributed by atoms with van der Waals surface area (Å²) in [5.74, 6) is 1.57. The van der Waals surface area contributed by atoms with Gasteiger partial charge in [-0.25, -0.2) is 4.98 Å². The second kappa shape index (κ2) is 2.50. The zero-order valence-electron chi connectivity index (χ0n) is 6.81. The summed E-state index contributed by atoms with van der Waals surface area (Å²) in [5, 5.41) is 1.25. The van der Waals surface area contributed by atoms with E-state index in [-0.39, 0.29) is 0 Å². The molecule has 12 heavy (non-hydrogen) atoms. The van der Waals surface area contributed by atoms with Crippen LogP contribution in [0.5, 0.6) is 0 Å². The molecule has 4 heteroatoms. The molecule has 2 aliphatic heterocycles. The van der Waals surface area contributed by atoms with Crippen LogP contribution in [-0.4, -0.2) is 33.9 Å². The molecular formula is C8H11N3S. The van der Waals surface area contributed by atoms with Crippen LogP contribution in [0.25, 0.3) is 0 Å². The summed E-state index contributed by atoms with van der Waals surface area (Å²) in [6.45, 7) is 3.82. The van der Waals surface area contributed by atoms with Crippen molar-refractivity contribution >= 4 is 11.5 Å². The predicted octanol–water partition coefficient (Wildman–Crippen LogP) is 0.957. The van der Waals surface area contributed by atoms with Crippen LogP contribution in [-0.2, 0) is 0 Å². The first-order valence-electron chi connectivity index (χ1n) is 4.42. The molecule has 1 aromatic heterocycles. The van der Waals surface area contributed by atoms with Gasteiger partial charge >= 0.3 is 0 Å². The molecule has 2 saturated heterocycles. The van der Waals surface area contributed by atoms with E-state index in [0.717, 1.165) is 5.92 Å². The summed E-state index contributed by atoms with van der Waals surface area (Å²) in [5.41, 5.74) is 0. The molecule has 1 aromatic rings. The van der Waals surface area contributed by atoms with E-state index in [1.807, 2.05) is 0 Å². The SMILES string of the molecule is c1nsc([C@H]2CN3CCC2C3)n1. The van der Waals surface area contributed by atoms with Crippen molar-refractivity contribution in [2.24, 2.45) is 5.92 Å². The van der Waals surface area contributed by atoms with Crippen LogP contribution in [0, 0.1) is 5.92 Å². The van der Waals surface area contributed by atoms with Gasteiger partial charge in [-0.2, -0.15) is 4.37 Å². The number of rotatable bonds is 1. The van der Waals surface area contributed by atoms with Gasteiger partial charge in [-0.1, -0.05) is 0 Å². The molecule has 0 aromatic carbocycles. The minimum absolute atomic E-state index is 0.700. The Morgan fingerprint density at radius 1 is 1.50 bits per heavy atom. The first-order chi connectivity index (χ1) is 5.93. The lowest BCUT2D eigenvalue weighted by Gasteiger charge is -2.18. The molecule has 64 valence electrons. The van der Waals surface area contributed by atoms with Crippen molar-refractivity contribution in [1.82, 2.24) is 14.3 Å². The second-order valence-corrected chi connectivity index (χ2v) is 4.51. The van der Waals surface area contributed by atoms with Gasteiger partial charge in [-0.3, -0.25) is 0 Å². The highest BCUT2D eigenvalue weighted by molar-refractivity contribution is 7.05. The van der Waals surface area contributed by atoms with Crippen LogP contribution in [0.1, 0.15) is 17.3 Å². The largest absolute Gasteiger partial charge is 0.302 e. The van der Waals surface area contributed by atoms with Crippen LogP contribution in [0.2, 0.25) is 0 Å². The summed E-state index contributed by atoms with van der Waals surface area (Å²) in [4.78, 5) is 6.84. The maximum absolute atomic E-state index is 4.30. The van der Waals surface area contributed by atoms with Gasteiger partial charge in [0.25, 0.3) is 0 Å². The van der Waals surface area contributed by atoms with Gasteiger partial charge in [0.15, 0.2) is 0 Å². The normalized spacial score (nSPS) is 39.2. The average Bonchev–Trinajstić information content (AvgIpc) is 2.81. The van der Waals surface area contributed by atoms with Crippen molar-refractivity contribution < 1.29 is 0 Å². The fourth-order valence-electron chi connectivity index (χ4n) is 2.41. The Balaban J connectivity index is 1.87. The van der Waals surface area contributed by atoms with Crippen molar-refractivity contribution in [1.29, 1.82) is 0 Å². The Morgan fingerprint density at radius 2 is 2.50 bits per heavy atom. The third-order valence-corrected chi connectivity index (χ3v) is 3.82. The quantitative estimate of drug-likeness (QED) is 0.646. The highest BCUT2D eigenvalue weighted by atomic mass is 32.1. The van der Waals surface area contributed by atoms with E-state index >= 15 is 0 Å². The summed E-state index contributed by atoms with van der Waals surface area (Å²) in [7, 11) is 0. The molecule has 2 unspecified atom stereocenters. The Kier molecular flexibility index (Phi) is 1.45. The minimum atomic E-state index is 0.700. The van der Waals surface area contributed by atoms with E-state index in [2.05, 4.69) is 14.3 Å². The third kappa shape index (κ3) is 0.912. The zero-order chi connectivity index (χ0) is 7.97. The molecular weight excluding hydrogens is 170 g/mol. The van der Waals surface area contributed by atoms with E-state index in [1.165, 1.54) is 31.1 Å². The van der Waals surface area contributed by atoms with Gasteiger partial charge in [0.2, 0.25) is 0 Å². The number of hydrogen-bond donors (Lipinski definition) is 0. The number of nitrogens with zero attached hydrogens (tertiary/aromatic N) is 3. The van der Waals surface area contributed by atoms with Gasteiger partial charge in [0.05, 0.1) is 0 Å². The molecule has 0 N–H and O–H groups in total. The smallest absolute Gasteiger partial charge is 0.129 e. The molecule has 0 radical (unpaired) electrons. The maximum Gasteiger partial charge on any atom is 0.129 e. The molecule has 3 atom stereocenters. The van der Waals surface area contributed by atoms with Gasteiger partial charge in [0, 0.05) is 19.0 Å². The lowest BCUT2D eigenvalue weighted by molar-refractivity contribution is 0.346. The van der Waals surface area contributed by atoms with E-state index in [1.54, 1.807) is 17.9 Å². The Hall–Kier alpha value is -0.480. The van der Waals surface area contributed by atoms with Crippen molar-refractivity contribution in [2.45, 2.75) is 12.3 Å². The van der Waals surface area contributed by atoms with Crippen molar-refractivity contribution in [3.8, 4) is 0 Å². The van der Waals surface area contributed by atoms with Gasteiger partial charge < -0.3 is 4.90 Å². The first-order valence-corrected chi connectivity index (χ1v) is 5.20. The van der Waals surface area contributed by atoms with Crippen LogP contribution < -0.4 is 0 Å². The zero-order valence-corrected chi connectivity index (χ0v) is 7.63. The third-order valence-electron chi connectivity index (χ3n) is 3.03. The lowest BCUT2D eigenvalue weighted by Crippen LogP contribution is -2.21. The molecule has 2 aliphatic rings. The number of hydrogen-bond acceptors (Lipinski definition) is 4. The highest BCUT2D eigenvalue weighted by Gasteiger charge is 2.39. The van der Waals surface area contributed by atoms with Crippen LogP contribution >= 0.6 is 11.5 Å². The highest BCUT2D eigenvalue weighted by Crippen LogP contribution is 2.39. The average molecular weight is 181 g/mol. The summed E-state index contributed by atoms with van der Waals surface area (Å²) in [6, 6.07) is 0. The van der Waals surface area contributed by atoms with E-state index in [0.29, 0.717) is 5.92 Å². The Bertz CT molecular complexity index is 272. The number of aromatic nitrogens is 2. The monoisotopic (exact) mass is 181 g/mol. The molecule has 0 aliphatic carbocycles. The van der Waals surface area contributed by atoms with E-state index in [9.17, 15) is 0 Å². The molecule has 3 heterocycles.